The maximum absolute atomic E-state index is 12.4. The lowest BCUT2D eigenvalue weighted by molar-refractivity contribution is 0.0948. The summed E-state index contributed by atoms with van der Waals surface area (Å²) in [5.74, 6) is 0.453. The van der Waals surface area contributed by atoms with Gasteiger partial charge < -0.3 is 19.5 Å². The van der Waals surface area contributed by atoms with E-state index < -0.39 is 15.9 Å². The van der Waals surface area contributed by atoms with E-state index in [1.807, 2.05) is 17.7 Å². The second-order valence-corrected chi connectivity index (χ2v) is 8.44. The van der Waals surface area contributed by atoms with Crippen LogP contribution in [0.1, 0.15) is 10.4 Å². The van der Waals surface area contributed by atoms with E-state index in [1.54, 1.807) is 12.1 Å². The Kier molecular flexibility index (Phi) is 4.20. The molecule has 1 amide bonds. The van der Waals surface area contributed by atoms with Crippen LogP contribution in [0.4, 0.5) is 5.95 Å². The number of nitrogens with one attached hydrogen (secondary N) is 1. The molecule has 1 aromatic carbocycles. The van der Waals surface area contributed by atoms with Crippen molar-refractivity contribution in [2.24, 2.45) is 7.05 Å². The summed E-state index contributed by atoms with van der Waals surface area (Å²) in [5.41, 5.74) is 2.13. The van der Waals surface area contributed by atoms with Crippen molar-refractivity contribution in [3.63, 3.8) is 0 Å². The number of carbonyl (C=O) groups excluding carboxylic acids is 1. The number of nitrogens with zero attached hydrogens (tertiary/aromatic N) is 3. The van der Waals surface area contributed by atoms with Crippen LogP contribution >= 0.6 is 0 Å². The summed E-state index contributed by atoms with van der Waals surface area (Å²) in [6.07, 6.45) is 1.50. The van der Waals surface area contributed by atoms with Gasteiger partial charge in [0.2, 0.25) is 5.95 Å². The summed E-state index contributed by atoms with van der Waals surface area (Å²) < 4.78 is 30.3. The molecule has 3 heterocycles. The van der Waals surface area contributed by atoms with Crippen molar-refractivity contribution in [3.05, 3.63) is 35.2 Å². The van der Waals surface area contributed by atoms with Crippen molar-refractivity contribution in [2.75, 3.05) is 37.0 Å². The van der Waals surface area contributed by atoms with Crippen molar-refractivity contribution in [1.82, 2.24) is 14.9 Å². The van der Waals surface area contributed by atoms with Gasteiger partial charge >= 0.3 is 0 Å². The molecule has 4 rings (SSSR count). The van der Waals surface area contributed by atoms with E-state index in [0.29, 0.717) is 18.8 Å². The summed E-state index contributed by atoms with van der Waals surface area (Å²) in [5, 5.41) is 3.88. The number of ether oxygens (including phenoxy) is 1. The lowest BCUT2D eigenvalue weighted by Gasteiger charge is -2.27. The molecule has 8 nitrogen and oxygen atoms in total. The quantitative estimate of drug-likeness (QED) is 0.836. The average molecular weight is 376 g/mol. The number of aromatic nitrogens is 2. The van der Waals surface area contributed by atoms with Crippen LogP contribution in [0.15, 0.2) is 29.7 Å². The van der Waals surface area contributed by atoms with Gasteiger partial charge in [-0.1, -0.05) is 0 Å². The molecule has 0 saturated carbocycles. The van der Waals surface area contributed by atoms with Gasteiger partial charge in [0.05, 0.1) is 36.0 Å². The fraction of sp³-hybridized carbons (Fsp3) is 0.412. The van der Waals surface area contributed by atoms with Gasteiger partial charge in [-0.2, -0.15) is 0 Å². The van der Waals surface area contributed by atoms with Crippen LogP contribution < -0.4 is 10.2 Å². The summed E-state index contributed by atoms with van der Waals surface area (Å²) in [7, 11) is -1.25. The molecule has 2 aromatic rings. The molecule has 2 aliphatic rings. The zero-order valence-electron chi connectivity index (χ0n) is 14.4. The number of rotatable bonds is 3. The van der Waals surface area contributed by atoms with Gasteiger partial charge in [0.25, 0.3) is 5.91 Å². The van der Waals surface area contributed by atoms with Crippen LogP contribution in [0.5, 0.6) is 0 Å². The molecule has 0 spiro atoms. The Morgan fingerprint density at radius 3 is 2.77 bits per heavy atom. The molecule has 1 N–H and O–H groups in total. The number of amides is 1. The monoisotopic (exact) mass is 376 g/mol. The van der Waals surface area contributed by atoms with E-state index in [0.717, 1.165) is 35.5 Å². The first-order valence-corrected chi connectivity index (χ1v) is 10.2. The standard InChI is InChI=1S/C17H20N4O4S/c1-20-15-3-2-12(16(22)18-13-4-9-26(23,24)11-13)10-14(15)19-17(20)21-5-7-25-8-6-21/h2-4,9-10,13H,5-8,11H2,1H3,(H,18,22)/t13-/m0/s1. The first-order chi connectivity index (χ1) is 12.4. The summed E-state index contributed by atoms with van der Waals surface area (Å²) in [6, 6.07) is 4.84. The van der Waals surface area contributed by atoms with Crippen molar-refractivity contribution >= 4 is 32.7 Å². The van der Waals surface area contributed by atoms with Gasteiger partial charge in [0, 0.05) is 31.1 Å². The summed E-state index contributed by atoms with van der Waals surface area (Å²) >= 11 is 0. The largest absolute Gasteiger partial charge is 0.378 e. The number of benzene rings is 1. The smallest absolute Gasteiger partial charge is 0.251 e. The Balaban J connectivity index is 1.57. The number of morpholine rings is 1. The van der Waals surface area contributed by atoms with Gasteiger partial charge in [-0.25, -0.2) is 13.4 Å². The molecule has 2 aliphatic heterocycles. The molecule has 1 aromatic heterocycles. The van der Waals surface area contributed by atoms with E-state index in [2.05, 4.69) is 15.2 Å². The van der Waals surface area contributed by atoms with E-state index in [9.17, 15) is 13.2 Å². The molecule has 0 bridgehead atoms. The number of sulfone groups is 1. The third-order valence-electron chi connectivity index (χ3n) is 4.66. The molecular formula is C17H20N4O4S. The molecule has 0 unspecified atom stereocenters. The number of hydrogen-bond acceptors (Lipinski definition) is 6. The Morgan fingerprint density at radius 2 is 2.08 bits per heavy atom. The molecule has 138 valence electrons. The summed E-state index contributed by atoms with van der Waals surface area (Å²) in [4.78, 5) is 19.3. The SMILES string of the molecule is Cn1c(N2CCOCC2)nc2cc(C(=O)N[C@H]3C=CS(=O)(=O)C3)ccc21. The Morgan fingerprint density at radius 1 is 1.31 bits per heavy atom. The highest BCUT2D eigenvalue weighted by Crippen LogP contribution is 2.23. The van der Waals surface area contributed by atoms with Crippen LogP contribution in [0.2, 0.25) is 0 Å². The third kappa shape index (κ3) is 3.19. The van der Waals surface area contributed by atoms with Gasteiger partial charge in [-0.05, 0) is 24.3 Å². The third-order valence-corrected chi connectivity index (χ3v) is 6.06. The van der Waals surface area contributed by atoms with Crippen molar-refractivity contribution < 1.29 is 17.9 Å². The number of hydrogen-bond donors (Lipinski definition) is 1. The average Bonchev–Trinajstić information content (AvgIpc) is 3.14. The van der Waals surface area contributed by atoms with Gasteiger partial charge in [-0.3, -0.25) is 4.79 Å². The van der Waals surface area contributed by atoms with Crippen molar-refractivity contribution in [1.29, 1.82) is 0 Å². The molecule has 1 atom stereocenters. The van der Waals surface area contributed by atoms with Crippen molar-refractivity contribution in [2.45, 2.75) is 6.04 Å². The molecule has 1 fully saturated rings. The van der Waals surface area contributed by atoms with Crippen molar-refractivity contribution in [3.8, 4) is 0 Å². The number of anilines is 1. The number of fused-ring (bicyclic) bond motifs is 1. The topological polar surface area (TPSA) is 93.5 Å². The van der Waals surface area contributed by atoms with Crippen LogP contribution in [0.25, 0.3) is 11.0 Å². The highest BCUT2D eigenvalue weighted by molar-refractivity contribution is 7.94. The fourth-order valence-electron chi connectivity index (χ4n) is 3.29. The van der Waals surface area contributed by atoms with Gasteiger partial charge in [0.1, 0.15) is 0 Å². The van der Waals surface area contributed by atoms with Crippen LogP contribution in [0, 0.1) is 0 Å². The number of aryl methyl sites for hydroxylation is 1. The maximum atomic E-state index is 12.4. The molecule has 26 heavy (non-hydrogen) atoms. The minimum atomic E-state index is -3.20. The number of imidazole rings is 1. The Bertz CT molecular complexity index is 990. The first kappa shape index (κ1) is 17.0. The van der Waals surface area contributed by atoms with E-state index >= 15 is 0 Å². The molecule has 9 heteroatoms. The molecule has 0 radical (unpaired) electrons. The number of carbonyl (C=O) groups is 1. The van der Waals surface area contributed by atoms with Crippen LogP contribution in [0.3, 0.4) is 0 Å². The van der Waals surface area contributed by atoms with E-state index in [-0.39, 0.29) is 11.7 Å². The second-order valence-electron chi connectivity index (χ2n) is 6.51. The highest BCUT2D eigenvalue weighted by atomic mass is 32.2. The van der Waals surface area contributed by atoms with Crippen LogP contribution in [-0.4, -0.2) is 62.0 Å². The summed E-state index contributed by atoms with van der Waals surface area (Å²) in [6.45, 7) is 2.92. The lowest BCUT2D eigenvalue weighted by Crippen LogP contribution is -2.37. The zero-order chi connectivity index (χ0) is 18.3. The molecule has 0 aliphatic carbocycles. The highest BCUT2D eigenvalue weighted by Gasteiger charge is 2.24. The van der Waals surface area contributed by atoms with E-state index in [1.165, 1.54) is 6.08 Å². The normalized spacial score (nSPS) is 22.0. The second kappa shape index (κ2) is 6.40. The molecule has 1 saturated heterocycles. The lowest BCUT2D eigenvalue weighted by atomic mass is 10.1. The van der Waals surface area contributed by atoms with E-state index in [4.69, 9.17) is 4.74 Å². The first-order valence-electron chi connectivity index (χ1n) is 8.44. The fourth-order valence-corrected chi connectivity index (χ4v) is 4.53. The molecular weight excluding hydrogens is 356 g/mol. The zero-order valence-corrected chi connectivity index (χ0v) is 15.2. The minimum absolute atomic E-state index is 0.0915. The van der Waals surface area contributed by atoms with Gasteiger partial charge in [0.15, 0.2) is 9.84 Å². The predicted octanol–water partition coefficient (Wildman–Crippen LogP) is 0.450. The minimum Gasteiger partial charge on any atom is -0.378 e. The van der Waals surface area contributed by atoms with Gasteiger partial charge in [-0.15, -0.1) is 0 Å². The van der Waals surface area contributed by atoms with Crippen LogP contribution in [-0.2, 0) is 21.6 Å². The maximum Gasteiger partial charge on any atom is 0.251 e. The Hall–Kier alpha value is -2.39. The predicted molar refractivity (Wildman–Crippen MR) is 97.9 cm³/mol. The Labute approximate surface area is 151 Å².